The number of hydrogen-bond donors (Lipinski definition) is 0. The molecule has 0 saturated heterocycles. The zero-order valence-corrected chi connectivity index (χ0v) is 14.6. The van der Waals surface area contributed by atoms with Gasteiger partial charge in [0.2, 0.25) is 0 Å². The maximum Gasteiger partial charge on any atom is 0.313 e. The number of ether oxygens (including phenoxy) is 3. The highest BCUT2D eigenvalue weighted by atomic mass is 16.5. The quantitative estimate of drug-likeness (QED) is 0.723. The van der Waals surface area contributed by atoms with Gasteiger partial charge in [0.25, 0.3) is 0 Å². The summed E-state index contributed by atoms with van der Waals surface area (Å²) in [5.41, 5.74) is 1.63. The summed E-state index contributed by atoms with van der Waals surface area (Å²) in [6, 6.07) is 16.6. The van der Waals surface area contributed by atoms with Gasteiger partial charge in [-0.25, -0.2) is 0 Å². The Morgan fingerprint density at radius 3 is 2.00 bits per heavy atom. The predicted octanol–water partition coefficient (Wildman–Crippen LogP) is 3.30. The Kier molecular flexibility index (Phi) is 6.57. The zero-order valence-electron chi connectivity index (χ0n) is 14.6. The number of esters is 2. The van der Waals surface area contributed by atoms with Crippen molar-refractivity contribution < 1.29 is 23.8 Å². The first-order valence-electron chi connectivity index (χ1n) is 7.94. The molecular weight excluding hydrogens is 320 g/mol. The molecule has 2 aromatic carbocycles. The van der Waals surface area contributed by atoms with Crippen LogP contribution in [0.3, 0.4) is 0 Å². The van der Waals surface area contributed by atoms with Crippen molar-refractivity contribution in [1.82, 2.24) is 0 Å². The second kappa shape index (κ2) is 8.87. The largest absolute Gasteiger partial charge is 0.497 e. The van der Waals surface area contributed by atoms with E-state index in [9.17, 15) is 9.59 Å². The van der Waals surface area contributed by atoms with E-state index in [0.29, 0.717) is 5.75 Å². The minimum atomic E-state index is -0.627. The van der Waals surface area contributed by atoms with E-state index in [4.69, 9.17) is 14.2 Å². The van der Waals surface area contributed by atoms with Crippen molar-refractivity contribution in [2.75, 3.05) is 21.3 Å². The molecule has 2 aromatic rings. The third-order valence-corrected chi connectivity index (χ3v) is 4.17. The van der Waals surface area contributed by atoms with Crippen molar-refractivity contribution in [2.24, 2.45) is 0 Å². The molecule has 0 heterocycles. The zero-order chi connectivity index (χ0) is 18.2. The maximum atomic E-state index is 12.5. The summed E-state index contributed by atoms with van der Waals surface area (Å²) in [5, 5.41) is 0. The third kappa shape index (κ3) is 4.59. The van der Waals surface area contributed by atoms with Crippen LogP contribution in [0.25, 0.3) is 0 Å². The molecule has 25 heavy (non-hydrogen) atoms. The lowest BCUT2D eigenvalue weighted by Crippen LogP contribution is -2.24. The van der Waals surface area contributed by atoms with E-state index in [1.807, 2.05) is 42.5 Å². The lowest BCUT2D eigenvalue weighted by molar-refractivity contribution is -0.144. The van der Waals surface area contributed by atoms with Gasteiger partial charge in [-0.2, -0.15) is 0 Å². The van der Waals surface area contributed by atoms with Gasteiger partial charge in [0.05, 0.1) is 33.7 Å². The highest BCUT2D eigenvalue weighted by Crippen LogP contribution is 2.37. The number of hydrogen-bond acceptors (Lipinski definition) is 5. The van der Waals surface area contributed by atoms with Crippen molar-refractivity contribution in [3.8, 4) is 5.75 Å². The van der Waals surface area contributed by atoms with Crippen LogP contribution >= 0.6 is 0 Å². The van der Waals surface area contributed by atoms with Crippen molar-refractivity contribution in [3.63, 3.8) is 0 Å². The summed E-state index contributed by atoms with van der Waals surface area (Å²) in [6.07, 6.45) is 0.0757. The fraction of sp³-hybridized carbons (Fsp3) is 0.300. The molecule has 0 aliphatic rings. The fourth-order valence-corrected chi connectivity index (χ4v) is 2.86. The monoisotopic (exact) mass is 342 g/mol. The summed E-state index contributed by atoms with van der Waals surface area (Å²) in [4.78, 5) is 24.5. The second-order valence-electron chi connectivity index (χ2n) is 5.57. The van der Waals surface area contributed by atoms with E-state index in [-0.39, 0.29) is 12.4 Å². The van der Waals surface area contributed by atoms with Gasteiger partial charge in [-0.15, -0.1) is 0 Å². The van der Waals surface area contributed by atoms with Gasteiger partial charge in [-0.05, 0) is 23.3 Å². The van der Waals surface area contributed by atoms with Gasteiger partial charge in [0.15, 0.2) is 0 Å². The lowest BCUT2D eigenvalue weighted by atomic mass is 9.79. The molecule has 0 saturated carbocycles. The Morgan fingerprint density at radius 2 is 1.48 bits per heavy atom. The van der Waals surface area contributed by atoms with Gasteiger partial charge in [0, 0.05) is 5.92 Å². The van der Waals surface area contributed by atoms with Crippen molar-refractivity contribution in [1.29, 1.82) is 0 Å². The topological polar surface area (TPSA) is 61.8 Å². The summed E-state index contributed by atoms with van der Waals surface area (Å²) >= 11 is 0. The molecule has 0 amide bonds. The Balaban J connectivity index is 2.48. The molecule has 0 radical (unpaired) electrons. The van der Waals surface area contributed by atoms with Crippen LogP contribution in [-0.4, -0.2) is 33.3 Å². The molecule has 0 fully saturated rings. The standard InChI is InChI=1S/C20H22O5/c1-23-16-11-9-15(10-12-16)19(20(22)25-3)17(13-18(21)24-2)14-7-5-4-6-8-14/h4-12,17,19H,13H2,1-3H3/t17-,19-/m0/s1. The molecule has 0 aliphatic heterocycles. The van der Waals surface area contributed by atoms with Crippen LogP contribution in [0.15, 0.2) is 54.6 Å². The smallest absolute Gasteiger partial charge is 0.313 e. The van der Waals surface area contributed by atoms with Gasteiger partial charge < -0.3 is 14.2 Å². The van der Waals surface area contributed by atoms with E-state index in [1.165, 1.54) is 14.2 Å². The van der Waals surface area contributed by atoms with E-state index < -0.39 is 17.8 Å². The molecule has 2 atom stereocenters. The van der Waals surface area contributed by atoms with Crippen molar-refractivity contribution >= 4 is 11.9 Å². The Hall–Kier alpha value is -2.82. The Labute approximate surface area is 147 Å². The number of carbonyl (C=O) groups is 2. The SMILES string of the molecule is COC(=O)C[C@@H](c1ccccc1)[C@@H](C(=O)OC)c1ccc(OC)cc1. The molecule has 0 aliphatic carbocycles. The van der Waals surface area contributed by atoms with E-state index in [1.54, 1.807) is 19.2 Å². The molecule has 2 rings (SSSR count). The van der Waals surface area contributed by atoms with Crippen molar-refractivity contribution in [3.05, 3.63) is 65.7 Å². The number of benzene rings is 2. The minimum absolute atomic E-state index is 0.0757. The van der Waals surface area contributed by atoms with E-state index in [2.05, 4.69) is 0 Å². The average molecular weight is 342 g/mol. The molecule has 5 nitrogen and oxygen atoms in total. The van der Waals surface area contributed by atoms with E-state index in [0.717, 1.165) is 11.1 Å². The van der Waals surface area contributed by atoms with Crippen LogP contribution in [0.2, 0.25) is 0 Å². The normalized spacial score (nSPS) is 12.8. The van der Waals surface area contributed by atoms with Crippen LogP contribution in [0.5, 0.6) is 5.75 Å². The van der Waals surface area contributed by atoms with Crippen LogP contribution in [0.4, 0.5) is 0 Å². The molecule has 0 bridgehead atoms. The van der Waals surface area contributed by atoms with Crippen LogP contribution in [-0.2, 0) is 19.1 Å². The number of methoxy groups -OCH3 is 3. The Bertz CT molecular complexity index is 694. The maximum absolute atomic E-state index is 12.5. The summed E-state index contributed by atoms with van der Waals surface area (Å²) in [7, 11) is 4.26. The lowest BCUT2D eigenvalue weighted by Gasteiger charge is -2.25. The van der Waals surface area contributed by atoms with Gasteiger partial charge in [-0.1, -0.05) is 42.5 Å². The van der Waals surface area contributed by atoms with Gasteiger partial charge >= 0.3 is 11.9 Å². The number of carbonyl (C=O) groups excluding carboxylic acids is 2. The third-order valence-electron chi connectivity index (χ3n) is 4.17. The molecule has 132 valence electrons. The summed E-state index contributed by atoms with van der Waals surface area (Å²) in [6.45, 7) is 0. The highest BCUT2D eigenvalue weighted by Gasteiger charge is 2.34. The first-order chi connectivity index (χ1) is 12.1. The summed E-state index contributed by atoms with van der Waals surface area (Å²) < 4.78 is 15.0. The van der Waals surface area contributed by atoms with Crippen molar-refractivity contribution in [2.45, 2.75) is 18.3 Å². The first-order valence-corrected chi connectivity index (χ1v) is 7.94. The second-order valence-corrected chi connectivity index (χ2v) is 5.57. The molecule has 0 aromatic heterocycles. The fourth-order valence-electron chi connectivity index (χ4n) is 2.86. The van der Waals surface area contributed by atoms with Crippen LogP contribution < -0.4 is 4.74 Å². The van der Waals surface area contributed by atoms with Gasteiger partial charge in [-0.3, -0.25) is 9.59 Å². The Morgan fingerprint density at radius 1 is 0.840 bits per heavy atom. The van der Waals surface area contributed by atoms with Crippen LogP contribution in [0, 0.1) is 0 Å². The molecule has 0 unspecified atom stereocenters. The number of rotatable bonds is 7. The molecular formula is C20H22O5. The predicted molar refractivity (Wildman–Crippen MR) is 93.6 cm³/mol. The molecule has 5 heteroatoms. The first kappa shape index (κ1) is 18.5. The van der Waals surface area contributed by atoms with E-state index >= 15 is 0 Å². The molecule has 0 N–H and O–H groups in total. The highest BCUT2D eigenvalue weighted by molar-refractivity contribution is 5.81. The average Bonchev–Trinajstić information content (AvgIpc) is 2.68. The van der Waals surface area contributed by atoms with Gasteiger partial charge in [0.1, 0.15) is 5.75 Å². The summed E-state index contributed by atoms with van der Waals surface area (Å²) in [5.74, 6) is -1.11. The van der Waals surface area contributed by atoms with Crippen LogP contribution in [0.1, 0.15) is 29.4 Å². The molecule has 0 spiro atoms. The minimum Gasteiger partial charge on any atom is -0.497 e.